The van der Waals surface area contributed by atoms with E-state index in [1.54, 1.807) is 24.3 Å². The SMILES string of the molecule is C/C(=N/NC(=O)c1ccc(Cl)cc1)c1ccc(C(C)(C)C)cc1. The van der Waals surface area contributed by atoms with Crippen LogP contribution in [0.5, 0.6) is 0 Å². The fraction of sp³-hybridized carbons (Fsp3) is 0.263. The molecule has 0 aliphatic carbocycles. The largest absolute Gasteiger partial charge is 0.271 e. The lowest BCUT2D eigenvalue weighted by Crippen LogP contribution is -2.19. The minimum absolute atomic E-state index is 0.117. The zero-order valence-corrected chi connectivity index (χ0v) is 14.6. The van der Waals surface area contributed by atoms with Crippen molar-refractivity contribution in [3.8, 4) is 0 Å². The van der Waals surface area contributed by atoms with E-state index in [-0.39, 0.29) is 11.3 Å². The Hall–Kier alpha value is -2.13. The predicted molar refractivity (Wildman–Crippen MR) is 96.3 cm³/mol. The first kappa shape index (κ1) is 17.2. The smallest absolute Gasteiger partial charge is 0.267 e. The molecular formula is C19H21ClN2O. The number of hydrogen-bond donors (Lipinski definition) is 1. The summed E-state index contributed by atoms with van der Waals surface area (Å²) < 4.78 is 0. The normalized spacial score (nSPS) is 12.1. The fourth-order valence-corrected chi connectivity index (χ4v) is 2.20. The van der Waals surface area contributed by atoms with Crippen LogP contribution in [-0.4, -0.2) is 11.6 Å². The third-order valence-electron chi connectivity index (χ3n) is 3.60. The highest BCUT2D eigenvalue weighted by atomic mass is 35.5. The maximum atomic E-state index is 12.0. The van der Waals surface area contributed by atoms with E-state index >= 15 is 0 Å². The van der Waals surface area contributed by atoms with Gasteiger partial charge < -0.3 is 0 Å². The summed E-state index contributed by atoms with van der Waals surface area (Å²) in [6, 6.07) is 14.9. The minimum atomic E-state index is -0.257. The summed E-state index contributed by atoms with van der Waals surface area (Å²) >= 11 is 5.81. The van der Waals surface area contributed by atoms with E-state index in [4.69, 9.17) is 11.6 Å². The second-order valence-corrected chi connectivity index (χ2v) is 6.91. The Balaban J connectivity index is 2.07. The predicted octanol–water partition coefficient (Wildman–Crippen LogP) is 4.79. The van der Waals surface area contributed by atoms with E-state index in [1.807, 2.05) is 19.1 Å². The summed E-state index contributed by atoms with van der Waals surface area (Å²) in [5, 5.41) is 4.77. The Morgan fingerprint density at radius 2 is 1.48 bits per heavy atom. The molecule has 0 aromatic heterocycles. The third-order valence-corrected chi connectivity index (χ3v) is 3.85. The molecule has 23 heavy (non-hydrogen) atoms. The lowest BCUT2D eigenvalue weighted by atomic mass is 9.86. The molecule has 0 saturated carbocycles. The molecule has 0 spiro atoms. The Morgan fingerprint density at radius 3 is 2.00 bits per heavy atom. The summed E-state index contributed by atoms with van der Waals surface area (Å²) in [6.45, 7) is 8.40. The first-order valence-electron chi connectivity index (χ1n) is 7.48. The van der Waals surface area contributed by atoms with Crippen LogP contribution in [0.3, 0.4) is 0 Å². The zero-order chi connectivity index (χ0) is 17.0. The monoisotopic (exact) mass is 328 g/mol. The van der Waals surface area contributed by atoms with Crippen molar-refractivity contribution >= 4 is 23.2 Å². The van der Waals surface area contributed by atoms with Crippen molar-refractivity contribution in [3.05, 3.63) is 70.2 Å². The van der Waals surface area contributed by atoms with Crippen LogP contribution in [0.25, 0.3) is 0 Å². The molecule has 0 atom stereocenters. The number of hydrogen-bond acceptors (Lipinski definition) is 2. The van der Waals surface area contributed by atoms with E-state index in [1.165, 1.54) is 5.56 Å². The Bertz CT molecular complexity index is 711. The van der Waals surface area contributed by atoms with Crippen LogP contribution < -0.4 is 5.43 Å². The number of nitrogens with one attached hydrogen (secondary N) is 1. The number of rotatable bonds is 3. The summed E-state index contributed by atoms with van der Waals surface area (Å²) in [6.07, 6.45) is 0. The van der Waals surface area contributed by atoms with E-state index < -0.39 is 0 Å². The Morgan fingerprint density at radius 1 is 0.957 bits per heavy atom. The van der Waals surface area contributed by atoms with E-state index in [9.17, 15) is 4.79 Å². The molecule has 4 heteroatoms. The van der Waals surface area contributed by atoms with Gasteiger partial charge in [-0.3, -0.25) is 4.79 Å². The van der Waals surface area contributed by atoms with Gasteiger partial charge in [-0.15, -0.1) is 0 Å². The molecule has 2 aromatic carbocycles. The van der Waals surface area contributed by atoms with Gasteiger partial charge in [0.15, 0.2) is 0 Å². The van der Waals surface area contributed by atoms with E-state index in [0.29, 0.717) is 10.6 Å². The number of hydrazone groups is 1. The van der Waals surface area contributed by atoms with Crippen molar-refractivity contribution in [3.63, 3.8) is 0 Å². The molecule has 0 bridgehead atoms. The molecule has 120 valence electrons. The summed E-state index contributed by atoms with van der Waals surface area (Å²) in [7, 11) is 0. The molecule has 0 unspecified atom stereocenters. The van der Waals surface area contributed by atoms with Crippen LogP contribution in [0.4, 0.5) is 0 Å². The number of amides is 1. The maximum Gasteiger partial charge on any atom is 0.271 e. The van der Waals surface area contributed by atoms with Gasteiger partial charge in [-0.2, -0.15) is 5.10 Å². The standard InChI is InChI=1S/C19H21ClN2O/c1-13(14-5-9-16(10-6-14)19(2,3)4)21-22-18(23)15-7-11-17(20)12-8-15/h5-12H,1-4H3,(H,22,23)/b21-13-. The van der Waals surface area contributed by atoms with E-state index in [0.717, 1.165) is 11.3 Å². The highest BCUT2D eigenvalue weighted by molar-refractivity contribution is 6.30. The molecule has 2 rings (SSSR count). The highest BCUT2D eigenvalue weighted by Crippen LogP contribution is 2.22. The molecular weight excluding hydrogens is 308 g/mol. The zero-order valence-electron chi connectivity index (χ0n) is 13.9. The second-order valence-electron chi connectivity index (χ2n) is 6.47. The van der Waals surface area contributed by atoms with Gasteiger partial charge in [-0.1, -0.05) is 56.6 Å². The summed E-state index contributed by atoms with van der Waals surface area (Å²) in [5.74, 6) is -0.257. The third kappa shape index (κ3) is 4.67. The Labute approximate surface area is 142 Å². The highest BCUT2D eigenvalue weighted by Gasteiger charge is 2.13. The van der Waals surface area contributed by atoms with Crippen molar-refractivity contribution < 1.29 is 4.79 Å². The van der Waals surface area contributed by atoms with Crippen molar-refractivity contribution in [2.45, 2.75) is 33.1 Å². The van der Waals surface area contributed by atoms with Gasteiger partial charge in [0.05, 0.1) is 5.71 Å². The molecule has 3 nitrogen and oxygen atoms in total. The minimum Gasteiger partial charge on any atom is -0.267 e. The van der Waals surface area contributed by atoms with Crippen molar-refractivity contribution in [2.24, 2.45) is 5.10 Å². The molecule has 0 aliphatic heterocycles. The summed E-state index contributed by atoms with van der Waals surface area (Å²) in [4.78, 5) is 12.0. The van der Waals surface area contributed by atoms with E-state index in [2.05, 4.69) is 43.4 Å². The van der Waals surface area contributed by atoms with Gasteiger partial charge in [0.25, 0.3) is 5.91 Å². The van der Waals surface area contributed by atoms with Gasteiger partial charge >= 0.3 is 0 Å². The maximum absolute atomic E-state index is 12.0. The molecule has 0 fully saturated rings. The van der Waals surface area contributed by atoms with Crippen LogP contribution in [0.2, 0.25) is 5.02 Å². The Kier molecular flexibility index (Phi) is 5.22. The van der Waals surface area contributed by atoms with Gasteiger partial charge in [-0.05, 0) is 47.7 Å². The van der Waals surface area contributed by atoms with Crippen LogP contribution in [0.15, 0.2) is 53.6 Å². The fourth-order valence-electron chi connectivity index (χ4n) is 2.08. The molecule has 1 amide bonds. The van der Waals surface area contributed by atoms with Crippen LogP contribution in [0, 0.1) is 0 Å². The van der Waals surface area contributed by atoms with Crippen LogP contribution in [-0.2, 0) is 5.41 Å². The number of nitrogens with zero attached hydrogens (tertiary/aromatic N) is 1. The molecule has 0 saturated heterocycles. The van der Waals surface area contributed by atoms with Gasteiger partial charge in [0.1, 0.15) is 0 Å². The average Bonchev–Trinajstić information content (AvgIpc) is 2.52. The second kappa shape index (κ2) is 6.97. The molecule has 0 radical (unpaired) electrons. The first-order valence-corrected chi connectivity index (χ1v) is 7.86. The first-order chi connectivity index (χ1) is 10.8. The van der Waals surface area contributed by atoms with Crippen LogP contribution >= 0.6 is 11.6 Å². The summed E-state index contributed by atoms with van der Waals surface area (Å²) in [5.41, 5.74) is 6.21. The number of benzene rings is 2. The van der Waals surface area contributed by atoms with Gasteiger partial charge in [0.2, 0.25) is 0 Å². The van der Waals surface area contributed by atoms with Crippen molar-refractivity contribution in [2.75, 3.05) is 0 Å². The molecule has 2 aromatic rings. The number of carbonyl (C=O) groups excluding carboxylic acids is 1. The molecule has 0 heterocycles. The van der Waals surface area contributed by atoms with Crippen LogP contribution in [0.1, 0.15) is 49.2 Å². The quantitative estimate of drug-likeness (QED) is 0.638. The van der Waals surface area contributed by atoms with Crippen molar-refractivity contribution in [1.29, 1.82) is 0 Å². The van der Waals surface area contributed by atoms with Gasteiger partial charge in [-0.25, -0.2) is 5.43 Å². The molecule has 1 N–H and O–H groups in total. The lowest BCUT2D eigenvalue weighted by Gasteiger charge is -2.19. The molecule has 0 aliphatic rings. The van der Waals surface area contributed by atoms with Crippen molar-refractivity contribution in [1.82, 2.24) is 5.43 Å². The number of carbonyl (C=O) groups is 1. The number of halogens is 1. The van der Waals surface area contributed by atoms with Gasteiger partial charge in [0, 0.05) is 10.6 Å². The topological polar surface area (TPSA) is 41.5 Å². The average molecular weight is 329 g/mol. The lowest BCUT2D eigenvalue weighted by molar-refractivity contribution is 0.0955.